The number of anilines is 1. The van der Waals surface area contributed by atoms with E-state index in [2.05, 4.69) is 11.4 Å². The van der Waals surface area contributed by atoms with E-state index in [0.29, 0.717) is 5.00 Å². The lowest BCUT2D eigenvalue weighted by atomic mass is 10.0. The monoisotopic (exact) mass is 372 g/mol. The van der Waals surface area contributed by atoms with Crippen LogP contribution in [0.2, 0.25) is 0 Å². The van der Waals surface area contributed by atoms with Gasteiger partial charge in [0.15, 0.2) is 6.10 Å². The zero-order valence-electron chi connectivity index (χ0n) is 14.4. The average Bonchev–Trinajstić information content (AvgIpc) is 3.22. The number of hydrogen-bond acceptors (Lipinski definition) is 5. The molecule has 0 saturated carbocycles. The number of benzene rings is 1. The summed E-state index contributed by atoms with van der Waals surface area (Å²) < 4.78 is 5.22. The van der Waals surface area contributed by atoms with Crippen molar-refractivity contribution in [2.24, 2.45) is 5.73 Å². The quantitative estimate of drug-likeness (QED) is 0.761. The minimum atomic E-state index is -0.972. The highest BCUT2D eigenvalue weighted by atomic mass is 32.1. The number of thiophene rings is 1. The van der Waals surface area contributed by atoms with E-state index in [1.165, 1.54) is 35.5 Å². The van der Waals surface area contributed by atoms with Crippen molar-refractivity contribution in [1.29, 1.82) is 0 Å². The Morgan fingerprint density at radius 3 is 2.77 bits per heavy atom. The molecule has 1 aromatic heterocycles. The summed E-state index contributed by atoms with van der Waals surface area (Å²) in [5, 5.41) is 4.58. The van der Waals surface area contributed by atoms with Gasteiger partial charge in [0.2, 0.25) is 0 Å². The van der Waals surface area contributed by atoms with Crippen molar-refractivity contribution in [2.75, 3.05) is 5.32 Å². The lowest BCUT2D eigenvalue weighted by molar-refractivity contribution is -0.152. The molecule has 0 aliphatic heterocycles. The van der Waals surface area contributed by atoms with Gasteiger partial charge in [0.1, 0.15) is 5.00 Å². The molecule has 1 aromatic carbocycles. The number of primary amides is 1. The van der Waals surface area contributed by atoms with Gasteiger partial charge >= 0.3 is 5.97 Å². The van der Waals surface area contributed by atoms with Gasteiger partial charge < -0.3 is 15.8 Å². The Labute approximate surface area is 155 Å². The lowest BCUT2D eigenvalue weighted by Gasteiger charge is -2.13. The van der Waals surface area contributed by atoms with Crippen molar-refractivity contribution >= 4 is 34.1 Å². The first-order valence-corrected chi connectivity index (χ1v) is 9.30. The highest BCUT2D eigenvalue weighted by Crippen LogP contribution is 2.24. The molecule has 3 N–H and O–H groups in total. The highest BCUT2D eigenvalue weighted by Gasteiger charge is 2.21. The Morgan fingerprint density at radius 1 is 1.23 bits per heavy atom. The molecule has 7 heteroatoms. The van der Waals surface area contributed by atoms with Crippen molar-refractivity contribution in [3.63, 3.8) is 0 Å². The zero-order chi connectivity index (χ0) is 18.7. The number of esters is 1. The first-order valence-electron chi connectivity index (χ1n) is 8.42. The topological polar surface area (TPSA) is 98.5 Å². The van der Waals surface area contributed by atoms with Gasteiger partial charge in [0.25, 0.3) is 11.8 Å². The molecule has 0 saturated heterocycles. The molecule has 1 atom stereocenters. The van der Waals surface area contributed by atoms with Crippen LogP contribution in [-0.4, -0.2) is 23.9 Å². The molecule has 1 aliphatic rings. The fourth-order valence-corrected chi connectivity index (χ4v) is 3.80. The normalized spacial score (nSPS) is 13.7. The number of carbonyl (C=O) groups excluding carboxylic acids is 3. The first kappa shape index (κ1) is 18.1. The second kappa shape index (κ2) is 7.70. The Balaban J connectivity index is 1.56. The summed E-state index contributed by atoms with van der Waals surface area (Å²) in [6.07, 6.45) is 2.43. The summed E-state index contributed by atoms with van der Waals surface area (Å²) in [4.78, 5) is 35.6. The molecule has 1 heterocycles. The van der Waals surface area contributed by atoms with Crippen molar-refractivity contribution in [2.45, 2.75) is 38.7 Å². The van der Waals surface area contributed by atoms with Crippen LogP contribution in [-0.2, 0) is 33.6 Å². The van der Waals surface area contributed by atoms with Crippen LogP contribution < -0.4 is 11.1 Å². The zero-order valence-corrected chi connectivity index (χ0v) is 15.2. The van der Waals surface area contributed by atoms with E-state index in [-0.39, 0.29) is 12.0 Å². The van der Waals surface area contributed by atoms with E-state index >= 15 is 0 Å². The third-order valence-electron chi connectivity index (χ3n) is 4.36. The number of fused-ring (bicyclic) bond motifs is 1. The van der Waals surface area contributed by atoms with Gasteiger partial charge in [-0.3, -0.25) is 14.4 Å². The molecule has 136 valence electrons. The fourth-order valence-electron chi connectivity index (χ4n) is 3.01. The molecular weight excluding hydrogens is 352 g/mol. The second-order valence-corrected chi connectivity index (χ2v) is 7.20. The minimum absolute atomic E-state index is 0.121. The maximum atomic E-state index is 12.2. The molecule has 0 fully saturated rings. The lowest BCUT2D eigenvalue weighted by Crippen LogP contribution is -2.30. The van der Waals surface area contributed by atoms with Crippen molar-refractivity contribution in [1.82, 2.24) is 0 Å². The van der Waals surface area contributed by atoms with Crippen LogP contribution in [0.5, 0.6) is 0 Å². The van der Waals surface area contributed by atoms with E-state index in [1.54, 1.807) is 5.38 Å². The number of aryl methyl sites for hydroxylation is 2. The van der Waals surface area contributed by atoms with Crippen LogP contribution >= 0.6 is 11.3 Å². The Hall–Kier alpha value is -2.67. The van der Waals surface area contributed by atoms with Crippen LogP contribution in [0.4, 0.5) is 5.00 Å². The molecule has 0 spiro atoms. The van der Waals surface area contributed by atoms with E-state index in [1.807, 2.05) is 12.1 Å². The summed E-state index contributed by atoms with van der Waals surface area (Å²) in [5.74, 6) is -1.59. The number of amides is 2. The third kappa shape index (κ3) is 4.11. The standard InChI is InChI=1S/C19H20N2O4S/c1-11(18(24)21-19-15(17(20)23)7-8-26-19)25-16(22)10-12-5-6-13-3-2-4-14(13)9-12/h5-9,11H,2-4,10H2,1H3,(H2,20,23)(H,21,24)/t11-/m1/s1. The van der Waals surface area contributed by atoms with Crippen LogP contribution in [0.25, 0.3) is 0 Å². The summed E-state index contributed by atoms with van der Waals surface area (Å²) in [7, 11) is 0. The first-order chi connectivity index (χ1) is 12.4. The molecule has 6 nitrogen and oxygen atoms in total. The van der Waals surface area contributed by atoms with Crippen molar-refractivity contribution in [3.8, 4) is 0 Å². The summed E-state index contributed by atoms with van der Waals surface area (Å²) in [5.41, 5.74) is 9.00. The molecule has 2 amide bonds. The van der Waals surface area contributed by atoms with E-state index in [9.17, 15) is 14.4 Å². The van der Waals surface area contributed by atoms with Crippen LogP contribution in [0.3, 0.4) is 0 Å². The number of carbonyl (C=O) groups is 3. The molecule has 1 aliphatic carbocycles. The minimum Gasteiger partial charge on any atom is -0.452 e. The molecule has 0 radical (unpaired) electrons. The largest absolute Gasteiger partial charge is 0.452 e. The maximum absolute atomic E-state index is 12.2. The molecular formula is C19H20N2O4S. The smallest absolute Gasteiger partial charge is 0.311 e. The summed E-state index contributed by atoms with van der Waals surface area (Å²) >= 11 is 1.18. The summed E-state index contributed by atoms with van der Waals surface area (Å²) in [6, 6.07) is 7.57. The highest BCUT2D eigenvalue weighted by molar-refractivity contribution is 7.14. The number of rotatable bonds is 6. The molecule has 26 heavy (non-hydrogen) atoms. The van der Waals surface area contributed by atoms with Gasteiger partial charge in [-0.15, -0.1) is 11.3 Å². The number of ether oxygens (including phenoxy) is 1. The Kier molecular flexibility index (Phi) is 5.37. The Bertz CT molecular complexity index is 859. The fraction of sp³-hybridized carbons (Fsp3) is 0.316. The molecule has 3 rings (SSSR count). The van der Waals surface area contributed by atoms with Crippen LogP contribution in [0, 0.1) is 0 Å². The SMILES string of the molecule is C[C@@H](OC(=O)Cc1ccc2c(c1)CCC2)C(=O)Nc1sccc1C(N)=O. The predicted octanol–water partition coefficient (Wildman–Crippen LogP) is 2.45. The summed E-state index contributed by atoms with van der Waals surface area (Å²) in [6.45, 7) is 1.49. The number of hydrogen-bond donors (Lipinski definition) is 2. The van der Waals surface area contributed by atoms with Crippen molar-refractivity contribution in [3.05, 3.63) is 51.9 Å². The van der Waals surface area contributed by atoms with Crippen molar-refractivity contribution < 1.29 is 19.1 Å². The average molecular weight is 372 g/mol. The maximum Gasteiger partial charge on any atom is 0.311 e. The predicted molar refractivity (Wildman–Crippen MR) is 99.2 cm³/mol. The van der Waals surface area contributed by atoms with Gasteiger partial charge in [0.05, 0.1) is 12.0 Å². The molecule has 0 unspecified atom stereocenters. The van der Waals surface area contributed by atoms with Gasteiger partial charge in [-0.2, -0.15) is 0 Å². The molecule has 2 aromatic rings. The van der Waals surface area contributed by atoms with E-state index in [0.717, 1.165) is 24.8 Å². The van der Waals surface area contributed by atoms with Gasteiger partial charge in [-0.1, -0.05) is 18.2 Å². The van der Waals surface area contributed by atoms with Gasteiger partial charge in [-0.05, 0) is 54.3 Å². The van der Waals surface area contributed by atoms with Gasteiger partial charge in [-0.25, -0.2) is 0 Å². The third-order valence-corrected chi connectivity index (χ3v) is 5.19. The van der Waals surface area contributed by atoms with Gasteiger partial charge in [0, 0.05) is 0 Å². The van der Waals surface area contributed by atoms with Crippen LogP contribution in [0.1, 0.15) is 40.4 Å². The van der Waals surface area contributed by atoms with Crippen LogP contribution in [0.15, 0.2) is 29.6 Å². The number of nitrogens with two attached hydrogens (primary N) is 1. The van der Waals surface area contributed by atoms with E-state index in [4.69, 9.17) is 10.5 Å². The second-order valence-electron chi connectivity index (χ2n) is 6.28. The molecule has 0 bridgehead atoms. The number of nitrogens with one attached hydrogen (secondary N) is 1. The Morgan fingerprint density at radius 2 is 2.00 bits per heavy atom. The van der Waals surface area contributed by atoms with E-state index < -0.39 is 23.9 Å².